The zero-order valence-corrected chi connectivity index (χ0v) is 12.5. The van der Waals surface area contributed by atoms with Crippen molar-refractivity contribution in [1.29, 1.82) is 0 Å². The molecule has 18 heavy (non-hydrogen) atoms. The van der Waals surface area contributed by atoms with Crippen LogP contribution < -0.4 is 0 Å². The second-order valence-corrected chi connectivity index (χ2v) is 7.43. The first-order valence-corrected chi connectivity index (χ1v) is 8.33. The van der Waals surface area contributed by atoms with Gasteiger partial charge in [0.25, 0.3) is 0 Å². The highest BCUT2D eigenvalue weighted by molar-refractivity contribution is 5.19. The first-order chi connectivity index (χ1) is 8.65. The Labute approximate surface area is 113 Å². The van der Waals surface area contributed by atoms with Crippen molar-refractivity contribution in [2.75, 3.05) is 0 Å². The van der Waals surface area contributed by atoms with E-state index in [1.807, 2.05) is 0 Å². The highest BCUT2D eigenvalue weighted by Gasteiger charge is 2.51. The van der Waals surface area contributed by atoms with Gasteiger partial charge in [0.2, 0.25) is 0 Å². The fourth-order valence-electron chi connectivity index (χ4n) is 6.03. The Morgan fingerprint density at radius 1 is 1.11 bits per heavy atom. The normalized spacial score (nSPS) is 51.9. The van der Waals surface area contributed by atoms with E-state index in [2.05, 4.69) is 27.4 Å². The first-order valence-electron chi connectivity index (χ1n) is 8.33. The Morgan fingerprint density at radius 2 is 1.83 bits per heavy atom. The minimum Gasteiger partial charge on any atom is -0.0993 e. The van der Waals surface area contributed by atoms with Crippen LogP contribution in [0.2, 0.25) is 0 Å². The van der Waals surface area contributed by atoms with E-state index < -0.39 is 0 Å². The van der Waals surface area contributed by atoms with Crippen LogP contribution in [0.4, 0.5) is 0 Å². The van der Waals surface area contributed by atoms with Gasteiger partial charge in [0, 0.05) is 0 Å². The molecule has 0 aromatic rings. The van der Waals surface area contributed by atoms with Crippen LogP contribution in [0.15, 0.2) is 12.2 Å². The van der Waals surface area contributed by atoms with E-state index in [9.17, 15) is 0 Å². The second kappa shape index (κ2) is 4.69. The lowest BCUT2D eigenvalue weighted by Gasteiger charge is -2.47. The SMILES string of the molecule is C=C1C(C)C(CC)C2CC3CCCC[C@@H]3[C@H](C)C12. The fraction of sp³-hybridized carbons (Fsp3) is 0.889. The summed E-state index contributed by atoms with van der Waals surface area (Å²) >= 11 is 0. The third-order valence-electron chi connectivity index (χ3n) is 6.92. The van der Waals surface area contributed by atoms with E-state index in [0.717, 1.165) is 41.4 Å². The highest BCUT2D eigenvalue weighted by atomic mass is 14.6. The van der Waals surface area contributed by atoms with Crippen molar-refractivity contribution in [3.05, 3.63) is 12.2 Å². The molecule has 7 atom stereocenters. The Kier molecular flexibility index (Phi) is 3.32. The van der Waals surface area contributed by atoms with Gasteiger partial charge >= 0.3 is 0 Å². The number of hydrogen-bond acceptors (Lipinski definition) is 0. The van der Waals surface area contributed by atoms with Crippen molar-refractivity contribution >= 4 is 0 Å². The molecule has 5 unspecified atom stereocenters. The number of hydrogen-bond donors (Lipinski definition) is 0. The van der Waals surface area contributed by atoms with Gasteiger partial charge in [-0.2, -0.15) is 0 Å². The van der Waals surface area contributed by atoms with Gasteiger partial charge in [-0.05, 0) is 54.3 Å². The van der Waals surface area contributed by atoms with E-state index in [0.29, 0.717) is 0 Å². The van der Waals surface area contributed by atoms with Gasteiger partial charge in [0.05, 0.1) is 0 Å². The van der Waals surface area contributed by atoms with Crippen LogP contribution in [0.3, 0.4) is 0 Å². The van der Waals surface area contributed by atoms with Crippen LogP contribution in [0.1, 0.15) is 59.3 Å². The van der Waals surface area contributed by atoms with Crippen LogP contribution in [-0.4, -0.2) is 0 Å². The largest absolute Gasteiger partial charge is 0.0993 e. The van der Waals surface area contributed by atoms with Gasteiger partial charge in [0.1, 0.15) is 0 Å². The number of allylic oxidation sites excluding steroid dienone is 1. The molecule has 0 heteroatoms. The van der Waals surface area contributed by atoms with Crippen LogP contribution in [0.5, 0.6) is 0 Å². The molecule has 0 saturated heterocycles. The molecule has 0 aromatic carbocycles. The van der Waals surface area contributed by atoms with E-state index in [1.54, 1.807) is 5.57 Å². The summed E-state index contributed by atoms with van der Waals surface area (Å²) in [4.78, 5) is 0. The fourth-order valence-corrected chi connectivity index (χ4v) is 6.03. The Balaban J connectivity index is 1.88. The van der Waals surface area contributed by atoms with Gasteiger partial charge in [0.15, 0.2) is 0 Å². The quantitative estimate of drug-likeness (QED) is 0.551. The molecular formula is C18H30. The molecule has 3 rings (SSSR count). The van der Waals surface area contributed by atoms with Crippen LogP contribution >= 0.6 is 0 Å². The lowest BCUT2D eigenvalue weighted by Crippen LogP contribution is -2.40. The van der Waals surface area contributed by atoms with Gasteiger partial charge in [-0.15, -0.1) is 0 Å². The molecule has 0 aromatic heterocycles. The summed E-state index contributed by atoms with van der Waals surface area (Å²) in [6.07, 6.45) is 8.91. The monoisotopic (exact) mass is 246 g/mol. The number of fused-ring (bicyclic) bond motifs is 2. The van der Waals surface area contributed by atoms with Crippen LogP contribution in [0.25, 0.3) is 0 Å². The lowest BCUT2D eigenvalue weighted by molar-refractivity contribution is 0.0298. The zero-order valence-electron chi connectivity index (χ0n) is 12.5. The molecule has 3 saturated carbocycles. The Morgan fingerprint density at radius 3 is 2.56 bits per heavy atom. The van der Waals surface area contributed by atoms with Crippen LogP contribution in [0, 0.1) is 41.4 Å². The molecule has 0 heterocycles. The molecule has 3 aliphatic carbocycles. The molecule has 102 valence electrons. The maximum absolute atomic E-state index is 4.51. The first kappa shape index (κ1) is 12.8. The topological polar surface area (TPSA) is 0 Å². The molecular weight excluding hydrogens is 216 g/mol. The van der Waals surface area contributed by atoms with Gasteiger partial charge in [-0.25, -0.2) is 0 Å². The predicted octanol–water partition coefficient (Wildman–Crippen LogP) is 5.30. The predicted molar refractivity (Wildman–Crippen MR) is 78.3 cm³/mol. The molecule has 0 N–H and O–H groups in total. The summed E-state index contributed by atoms with van der Waals surface area (Å²) in [5.74, 6) is 6.57. The molecule has 3 aliphatic rings. The van der Waals surface area contributed by atoms with Crippen molar-refractivity contribution in [1.82, 2.24) is 0 Å². The lowest BCUT2D eigenvalue weighted by atomic mass is 9.58. The molecule has 0 radical (unpaired) electrons. The average Bonchev–Trinajstić information content (AvgIpc) is 2.62. The summed E-state index contributed by atoms with van der Waals surface area (Å²) in [7, 11) is 0. The summed E-state index contributed by atoms with van der Waals surface area (Å²) in [6, 6.07) is 0. The molecule has 0 nitrogen and oxygen atoms in total. The van der Waals surface area contributed by atoms with E-state index in [1.165, 1.54) is 38.5 Å². The van der Waals surface area contributed by atoms with E-state index in [-0.39, 0.29) is 0 Å². The summed E-state index contributed by atoms with van der Waals surface area (Å²) < 4.78 is 0. The highest BCUT2D eigenvalue weighted by Crippen LogP contribution is 2.59. The van der Waals surface area contributed by atoms with E-state index >= 15 is 0 Å². The van der Waals surface area contributed by atoms with Gasteiger partial charge in [-0.1, -0.05) is 58.6 Å². The molecule has 0 bridgehead atoms. The number of rotatable bonds is 1. The second-order valence-electron chi connectivity index (χ2n) is 7.43. The smallest absolute Gasteiger partial charge is 0.0143 e. The molecule has 0 amide bonds. The third-order valence-corrected chi connectivity index (χ3v) is 6.92. The summed E-state index contributed by atoms with van der Waals surface area (Å²) in [5, 5.41) is 0. The minimum atomic E-state index is 0.785. The average molecular weight is 246 g/mol. The van der Waals surface area contributed by atoms with Crippen molar-refractivity contribution in [3.63, 3.8) is 0 Å². The van der Waals surface area contributed by atoms with Crippen molar-refractivity contribution in [2.24, 2.45) is 41.4 Å². The molecule has 0 spiro atoms. The van der Waals surface area contributed by atoms with Crippen molar-refractivity contribution in [3.8, 4) is 0 Å². The standard InChI is InChI=1S/C18H30/c1-5-15-11(2)12(3)18-13(4)16-9-7-6-8-14(16)10-17(15)18/h11,13-18H,3,5-10H2,1-2,4H3/t11?,13-,14?,15?,16+,17?,18?/m0/s1. The van der Waals surface area contributed by atoms with Crippen LogP contribution in [-0.2, 0) is 0 Å². The van der Waals surface area contributed by atoms with Gasteiger partial charge in [-0.3, -0.25) is 0 Å². The van der Waals surface area contributed by atoms with Crippen molar-refractivity contribution in [2.45, 2.75) is 59.3 Å². The Hall–Kier alpha value is -0.260. The molecule has 0 aliphatic heterocycles. The molecule has 3 fully saturated rings. The third kappa shape index (κ3) is 1.71. The maximum atomic E-state index is 4.51. The Bertz CT molecular complexity index is 329. The van der Waals surface area contributed by atoms with Gasteiger partial charge < -0.3 is 0 Å². The van der Waals surface area contributed by atoms with E-state index in [4.69, 9.17) is 0 Å². The zero-order chi connectivity index (χ0) is 12.9. The summed E-state index contributed by atoms with van der Waals surface area (Å²) in [5.41, 5.74) is 1.61. The summed E-state index contributed by atoms with van der Waals surface area (Å²) in [6.45, 7) is 11.9. The minimum absolute atomic E-state index is 0.785. The maximum Gasteiger partial charge on any atom is -0.0143 e. The van der Waals surface area contributed by atoms with Crippen molar-refractivity contribution < 1.29 is 0 Å².